The molecule has 0 N–H and O–H groups in total. The Morgan fingerprint density at radius 3 is 2.53 bits per heavy atom. The van der Waals surface area contributed by atoms with Gasteiger partial charge in [0.2, 0.25) is 0 Å². The molecule has 0 atom stereocenters. The largest absolute Gasteiger partial charge is 0.445 e. The van der Waals surface area contributed by atoms with Crippen molar-refractivity contribution in [1.29, 1.82) is 0 Å². The van der Waals surface area contributed by atoms with Gasteiger partial charge in [0.05, 0.1) is 6.61 Å². The van der Waals surface area contributed by atoms with E-state index in [1.807, 2.05) is 30.3 Å². The van der Waals surface area contributed by atoms with Crippen molar-refractivity contribution in [2.45, 2.75) is 31.4 Å². The van der Waals surface area contributed by atoms with Crippen LogP contribution in [0, 0.1) is 0 Å². The zero-order valence-corrected chi connectivity index (χ0v) is 11.3. The number of halogens is 3. The molecule has 5 heteroatoms. The number of rotatable bonds is 8. The van der Waals surface area contributed by atoms with Gasteiger partial charge in [-0.05, 0) is 42.0 Å². The predicted octanol–water partition coefficient (Wildman–Crippen LogP) is 5.14. The number of hydrogen-bond donors (Lipinski definition) is 0. The van der Waals surface area contributed by atoms with Gasteiger partial charge >= 0.3 is 5.51 Å². The van der Waals surface area contributed by atoms with E-state index in [2.05, 4.69) is 0 Å². The molecule has 0 radical (unpaired) electrons. The third-order valence-corrected chi connectivity index (χ3v) is 2.91. The molecule has 1 aromatic rings. The zero-order valence-electron chi connectivity index (χ0n) is 10.5. The second kappa shape index (κ2) is 9.04. The van der Waals surface area contributed by atoms with Crippen LogP contribution in [0.4, 0.5) is 13.2 Å². The van der Waals surface area contributed by atoms with E-state index in [0.29, 0.717) is 19.6 Å². The van der Waals surface area contributed by atoms with E-state index in [1.54, 1.807) is 6.08 Å². The van der Waals surface area contributed by atoms with Crippen LogP contribution < -0.4 is 0 Å². The highest BCUT2D eigenvalue weighted by molar-refractivity contribution is 8.02. The van der Waals surface area contributed by atoms with Gasteiger partial charge < -0.3 is 4.74 Å². The summed E-state index contributed by atoms with van der Waals surface area (Å²) in [6.07, 6.45) is 3.89. The average molecular weight is 290 g/mol. The number of unbranched alkanes of at least 4 members (excludes halogenated alkanes) is 2. The normalized spacial score (nSPS) is 12.2. The van der Waals surface area contributed by atoms with Crippen LogP contribution in [-0.4, -0.2) is 12.1 Å². The molecule has 0 amide bonds. The van der Waals surface area contributed by atoms with Crippen molar-refractivity contribution in [2.24, 2.45) is 0 Å². The zero-order chi connectivity index (χ0) is 14.0. The highest BCUT2D eigenvalue weighted by Crippen LogP contribution is 2.30. The minimum Gasteiger partial charge on any atom is -0.377 e. The number of allylic oxidation sites excluding steroid dienone is 1. The molecule has 0 fully saturated rings. The minimum atomic E-state index is -4.17. The highest BCUT2D eigenvalue weighted by atomic mass is 32.2. The lowest BCUT2D eigenvalue weighted by atomic mass is 10.2. The van der Waals surface area contributed by atoms with E-state index in [4.69, 9.17) is 4.74 Å². The Bertz CT molecular complexity index is 363. The minimum absolute atomic E-state index is 0.113. The molecule has 1 rings (SSSR count). The molecular formula is C14H17F3OS. The molecule has 0 aliphatic heterocycles. The summed E-state index contributed by atoms with van der Waals surface area (Å²) >= 11 is -0.113. The summed E-state index contributed by atoms with van der Waals surface area (Å²) in [4.78, 5) is 0. The number of alkyl halides is 3. The van der Waals surface area contributed by atoms with E-state index in [1.165, 1.54) is 0 Å². The lowest BCUT2D eigenvalue weighted by Gasteiger charge is -2.03. The van der Waals surface area contributed by atoms with Gasteiger partial charge in [0, 0.05) is 6.61 Å². The summed E-state index contributed by atoms with van der Waals surface area (Å²) in [7, 11) is 0. The summed E-state index contributed by atoms with van der Waals surface area (Å²) in [5.41, 5.74) is -3.04. The summed E-state index contributed by atoms with van der Waals surface area (Å²) in [5, 5.41) is 1.10. The Balaban J connectivity index is 1.94. The number of hydrogen-bond acceptors (Lipinski definition) is 2. The predicted molar refractivity (Wildman–Crippen MR) is 72.7 cm³/mol. The smallest absolute Gasteiger partial charge is 0.377 e. The van der Waals surface area contributed by atoms with E-state index >= 15 is 0 Å². The first-order valence-electron chi connectivity index (χ1n) is 6.09. The lowest BCUT2D eigenvalue weighted by molar-refractivity contribution is -0.0320. The first-order valence-corrected chi connectivity index (χ1v) is 6.97. The molecule has 1 aromatic carbocycles. The molecule has 0 spiro atoms. The van der Waals surface area contributed by atoms with Crippen LogP contribution in [0.25, 0.3) is 0 Å². The highest BCUT2D eigenvalue weighted by Gasteiger charge is 2.26. The molecule has 0 aliphatic carbocycles. The Hall–Kier alpha value is -0.940. The number of thioether (sulfide) groups is 1. The van der Waals surface area contributed by atoms with Gasteiger partial charge in [-0.1, -0.05) is 36.4 Å². The quantitative estimate of drug-likeness (QED) is 0.613. The van der Waals surface area contributed by atoms with Crippen LogP contribution >= 0.6 is 11.8 Å². The molecule has 0 bridgehead atoms. The Morgan fingerprint density at radius 2 is 1.84 bits per heavy atom. The summed E-state index contributed by atoms with van der Waals surface area (Å²) in [5.74, 6) is 0. The Kier molecular flexibility index (Phi) is 7.67. The first-order chi connectivity index (χ1) is 9.08. The van der Waals surface area contributed by atoms with Crippen LogP contribution in [0.15, 0.2) is 41.8 Å². The fourth-order valence-electron chi connectivity index (χ4n) is 1.42. The van der Waals surface area contributed by atoms with Gasteiger partial charge in [-0.15, -0.1) is 0 Å². The second-order valence-electron chi connectivity index (χ2n) is 3.97. The third kappa shape index (κ3) is 9.62. The SMILES string of the molecule is FC(F)(F)S/C=C/CCCCOCc1ccccc1. The summed E-state index contributed by atoms with van der Waals surface area (Å²) < 4.78 is 40.8. The van der Waals surface area contributed by atoms with Crippen molar-refractivity contribution in [3.63, 3.8) is 0 Å². The maximum atomic E-state index is 11.8. The maximum Gasteiger partial charge on any atom is 0.445 e. The van der Waals surface area contributed by atoms with Crippen molar-refractivity contribution in [1.82, 2.24) is 0 Å². The molecule has 19 heavy (non-hydrogen) atoms. The Morgan fingerprint density at radius 1 is 1.11 bits per heavy atom. The number of ether oxygens (including phenoxy) is 1. The van der Waals surface area contributed by atoms with Crippen LogP contribution in [0.1, 0.15) is 24.8 Å². The van der Waals surface area contributed by atoms with Gasteiger partial charge in [0.1, 0.15) is 0 Å². The van der Waals surface area contributed by atoms with Crippen molar-refractivity contribution < 1.29 is 17.9 Å². The molecule has 1 nitrogen and oxygen atoms in total. The van der Waals surface area contributed by atoms with Gasteiger partial charge in [-0.25, -0.2) is 0 Å². The van der Waals surface area contributed by atoms with Crippen molar-refractivity contribution in [3.8, 4) is 0 Å². The van der Waals surface area contributed by atoms with E-state index in [0.717, 1.165) is 23.8 Å². The standard InChI is InChI=1S/C14H17F3OS/c15-14(16,17)19-11-7-2-1-6-10-18-12-13-8-4-3-5-9-13/h3-5,7-9,11H,1-2,6,10,12H2/b11-7+. The molecule has 0 heterocycles. The monoisotopic (exact) mass is 290 g/mol. The van der Waals surface area contributed by atoms with Gasteiger partial charge in [-0.2, -0.15) is 13.2 Å². The fraction of sp³-hybridized carbons (Fsp3) is 0.429. The summed E-state index contributed by atoms with van der Waals surface area (Å²) in [6.45, 7) is 1.22. The second-order valence-corrected chi connectivity index (χ2v) is 4.94. The fourth-order valence-corrected chi connectivity index (χ4v) is 1.81. The molecule has 106 valence electrons. The van der Waals surface area contributed by atoms with Gasteiger partial charge in [0.15, 0.2) is 0 Å². The molecule has 0 aromatic heterocycles. The Labute approximate surface area is 115 Å². The van der Waals surface area contributed by atoms with Gasteiger partial charge in [-0.3, -0.25) is 0 Å². The molecule has 0 unspecified atom stereocenters. The topological polar surface area (TPSA) is 9.23 Å². The van der Waals surface area contributed by atoms with E-state index < -0.39 is 5.51 Å². The van der Waals surface area contributed by atoms with Gasteiger partial charge in [0.25, 0.3) is 0 Å². The van der Waals surface area contributed by atoms with Crippen LogP contribution in [0.3, 0.4) is 0 Å². The van der Waals surface area contributed by atoms with Crippen LogP contribution in [0.5, 0.6) is 0 Å². The third-order valence-electron chi connectivity index (χ3n) is 2.32. The lowest BCUT2D eigenvalue weighted by Crippen LogP contribution is -1.96. The first kappa shape index (κ1) is 16.1. The van der Waals surface area contributed by atoms with Crippen LogP contribution in [-0.2, 0) is 11.3 Å². The number of benzene rings is 1. The molecule has 0 aliphatic rings. The van der Waals surface area contributed by atoms with Crippen molar-refractivity contribution in [3.05, 3.63) is 47.4 Å². The molecular weight excluding hydrogens is 273 g/mol. The summed E-state index contributed by atoms with van der Waals surface area (Å²) in [6, 6.07) is 9.87. The van der Waals surface area contributed by atoms with E-state index in [9.17, 15) is 13.2 Å². The maximum absolute atomic E-state index is 11.8. The van der Waals surface area contributed by atoms with E-state index in [-0.39, 0.29) is 11.8 Å². The van der Waals surface area contributed by atoms with Crippen molar-refractivity contribution in [2.75, 3.05) is 6.61 Å². The average Bonchev–Trinajstić information content (AvgIpc) is 2.37. The molecule has 0 saturated carbocycles. The molecule has 0 saturated heterocycles. The van der Waals surface area contributed by atoms with Crippen LogP contribution in [0.2, 0.25) is 0 Å². The van der Waals surface area contributed by atoms with Crippen molar-refractivity contribution >= 4 is 11.8 Å².